The standard InChI is InChI=1S/C12H9ClFN/c13-8-10-1-2-11(14)7-12(10)9-3-5-15-6-4-9/h1-7H,8H2. The third kappa shape index (κ3) is 2.16. The topological polar surface area (TPSA) is 12.9 Å². The summed E-state index contributed by atoms with van der Waals surface area (Å²) in [6, 6.07) is 8.29. The zero-order valence-electron chi connectivity index (χ0n) is 7.95. The molecule has 2 aromatic rings. The van der Waals surface area contributed by atoms with Gasteiger partial charge in [0.25, 0.3) is 0 Å². The van der Waals surface area contributed by atoms with Gasteiger partial charge in [-0.1, -0.05) is 6.07 Å². The Bertz CT molecular complexity index is 456. The van der Waals surface area contributed by atoms with Gasteiger partial charge in [-0.25, -0.2) is 4.39 Å². The summed E-state index contributed by atoms with van der Waals surface area (Å²) in [7, 11) is 0. The van der Waals surface area contributed by atoms with Crippen molar-refractivity contribution in [1.82, 2.24) is 4.98 Å². The van der Waals surface area contributed by atoms with Crippen LogP contribution in [0.5, 0.6) is 0 Å². The van der Waals surface area contributed by atoms with Crippen LogP contribution in [0.1, 0.15) is 5.56 Å². The van der Waals surface area contributed by atoms with Crippen LogP contribution >= 0.6 is 11.6 Å². The first-order chi connectivity index (χ1) is 7.31. The maximum atomic E-state index is 13.1. The number of benzene rings is 1. The Morgan fingerprint density at radius 2 is 1.87 bits per heavy atom. The van der Waals surface area contributed by atoms with Crippen molar-refractivity contribution >= 4 is 11.6 Å². The van der Waals surface area contributed by atoms with E-state index in [1.54, 1.807) is 18.5 Å². The third-order valence-corrected chi connectivity index (χ3v) is 2.50. The van der Waals surface area contributed by atoms with Crippen molar-refractivity contribution in [2.24, 2.45) is 0 Å². The fourth-order valence-electron chi connectivity index (χ4n) is 1.47. The van der Waals surface area contributed by atoms with Gasteiger partial charge in [-0.05, 0) is 41.0 Å². The summed E-state index contributed by atoms with van der Waals surface area (Å²) in [4.78, 5) is 3.92. The molecule has 0 amide bonds. The smallest absolute Gasteiger partial charge is 0.123 e. The van der Waals surface area contributed by atoms with E-state index < -0.39 is 0 Å². The van der Waals surface area contributed by atoms with Crippen molar-refractivity contribution in [2.75, 3.05) is 0 Å². The van der Waals surface area contributed by atoms with Crippen molar-refractivity contribution in [3.8, 4) is 11.1 Å². The second kappa shape index (κ2) is 4.41. The Hall–Kier alpha value is -1.41. The molecule has 76 valence electrons. The Labute approximate surface area is 92.5 Å². The summed E-state index contributed by atoms with van der Waals surface area (Å²) in [6.45, 7) is 0. The summed E-state index contributed by atoms with van der Waals surface area (Å²) < 4.78 is 13.1. The molecule has 3 heteroatoms. The Morgan fingerprint density at radius 3 is 2.53 bits per heavy atom. The van der Waals surface area contributed by atoms with Crippen LogP contribution in [0.25, 0.3) is 11.1 Å². The molecule has 1 nitrogen and oxygen atoms in total. The van der Waals surface area contributed by atoms with E-state index >= 15 is 0 Å². The van der Waals surface area contributed by atoms with Crippen LogP contribution in [0.3, 0.4) is 0 Å². The number of halogens is 2. The first kappa shape index (κ1) is 10.1. The van der Waals surface area contributed by atoms with Crippen LogP contribution in [0, 0.1) is 5.82 Å². The number of aromatic nitrogens is 1. The third-order valence-electron chi connectivity index (χ3n) is 2.21. The second-order valence-electron chi connectivity index (χ2n) is 3.17. The molecule has 2 rings (SSSR count). The average molecular weight is 222 g/mol. The lowest BCUT2D eigenvalue weighted by Gasteiger charge is -2.06. The van der Waals surface area contributed by atoms with Gasteiger partial charge in [-0.15, -0.1) is 11.6 Å². The van der Waals surface area contributed by atoms with Crippen molar-refractivity contribution < 1.29 is 4.39 Å². The lowest BCUT2D eigenvalue weighted by Crippen LogP contribution is -1.88. The molecule has 15 heavy (non-hydrogen) atoms. The van der Waals surface area contributed by atoms with E-state index in [0.717, 1.165) is 16.7 Å². The molecule has 0 spiro atoms. The number of alkyl halides is 1. The van der Waals surface area contributed by atoms with E-state index in [0.29, 0.717) is 5.88 Å². The van der Waals surface area contributed by atoms with Crippen molar-refractivity contribution in [3.63, 3.8) is 0 Å². The highest BCUT2D eigenvalue weighted by atomic mass is 35.5. The zero-order valence-corrected chi connectivity index (χ0v) is 8.71. The maximum Gasteiger partial charge on any atom is 0.123 e. The van der Waals surface area contributed by atoms with Crippen LogP contribution in [-0.4, -0.2) is 4.98 Å². The predicted molar refractivity (Wildman–Crippen MR) is 59.2 cm³/mol. The number of rotatable bonds is 2. The highest BCUT2D eigenvalue weighted by molar-refractivity contribution is 6.17. The highest BCUT2D eigenvalue weighted by Crippen LogP contribution is 2.25. The van der Waals surface area contributed by atoms with E-state index in [1.807, 2.05) is 12.1 Å². The summed E-state index contributed by atoms with van der Waals surface area (Å²) in [5.41, 5.74) is 2.68. The van der Waals surface area contributed by atoms with Gasteiger partial charge in [0.2, 0.25) is 0 Å². The van der Waals surface area contributed by atoms with Gasteiger partial charge in [0.1, 0.15) is 5.82 Å². The lowest BCUT2D eigenvalue weighted by atomic mass is 10.0. The van der Waals surface area contributed by atoms with Gasteiger partial charge in [-0.3, -0.25) is 4.98 Å². The largest absolute Gasteiger partial charge is 0.265 e. The number of hydrogen-bond acceptors (Lipinski definition) is 1. The molecule has 0 N–H and O–H groups in total. The summed E-state index contributed by atoms with van der Waals surface area (Å²) in [6.07, 6.45) is 3.36. The van der Waals surface area contributed by atoms with Crippen molar-refractivity contribution in [3.05, 3.63) is 54.1 Å². The molecule has 0 saturated heterocycles. The molecular formula is C12H9ClFN. The number of nitrogens with zero attached hydrogens (tertiary/aromatic N) is 1. The van der Waals surface area contributed by atoms with Gasteiger partial charge >= 0.3 is 0 Å². The minimum absolute atomic E-state index is 0.254. The van der Waals surface area contributed by atoms with Gasteiger partial charge < -0.3 is 0 Å². The molecule has 1 heterocycles. The quantitative estimate of drug-likeness (QED) is 0.706. The molecule has 0 aliphatic carbocycles. The molecule has 0 radical (unpaired) electrons. The summed E-state index contributed by atoms with van der Waals surface area (Å²) >= 11 is 5.80. The van der Waals surface area contributed by atoms with Gasteiger partial charge in [-0.2, -0.15) is 0 Å². The average Bonchev–Trinajstić information content (AvgIpc) is 2.30. The molecule has 0 aliphatic rings. The van der Waals surface area contributed by atoms with Crippen LogP contribution in [0.4, 0.5) is 4.39 Å². The highest BCUT2D eigenvalue weighted by Gasteiger charge is 2.05. The molecule has 1 aromatic carbocycles. The first-order valence-corrected chi connectivity index (χ1v) is 5.09. The first-order valence-electron chi connectivity index (χ1n) is 4.56. The van der Waals surface area contributed by atoms with Crippen molar-refractivity contribution in [2.45, 2.75) is 5.88 Å². The Morgan fingerprint density at radius 1 is 1.13 bits per heavy atom. The fraction of sp³-hybridized carbons (Fsp3) is 0.0833. The molecule has 0 bridgehead atoms. The van der Waals surface area contributed by atoms with Gasteiger partial charge in [0.05, 0.1) is 0 Å². The normalized spacial score (nSPS) is 10.3. The van der Waals surface area contributed by atoms with E-state index in [2.05, 4.69) is 4.98 Å². The van der Waals surface area contributed by atoms with Crippen molar-refractivity contribution in [1.29, 1.82) is 0 Å². The molecule has 0 fully saturated rings. The van der Waals surface area contributed by atoms with E-state index in [1.165, 1.54) is 12.1 Å². The SMILES string of the molecule is Fc1ccc(CCl)c(-c2ccncc2)c1. The molecule has 0 atom stereocenters. The van der Waals surface area contributed by atoms with Crippen LogP contribution in [-0.2, 0) is 5.88 Å². The van der Waals surface area contributed by atoms with Gasteiger partial charge in [0.15, 0.2) is 0 Å². The van der Waals surface area contributed by atoms with Crippen LogP contribution in [0.2, 0.25) is 0 Å². The van der Waals surface area contributed by atoms with Crippen LogP contribution in [0.15, 0.2) is 42.7 Å². The number of pyridine rings is 1. The fourth-order valence-corrected chi connectivity index (χ4v) is 1.70. The molecular weight excluding hydrogens is 213 g/mol. The summed E-state index contributed by atoms with van der Waals surface area (Å²) in [5.74, 6) is 0.119. The Kier molecular flexibility index (Phi) is 2.97. The molecule has 0 saturated carbocycles. The minimum atomic E-state index is -0.254. The second-order valence-corrected chi connectivity index (χ2v) is 3.44. The molecule has 0 aliphatic heterocycles. The Balaban J connectivity index is 2.56. The summed E-state index contributed by atoms with van der Waals surface area (Å²) in [5, 5.41) is 0. The molecule has 1 aromatic heterocycles. The number of hydrogen-bond donors (Lipinski definition) is 0. The molecule has 0 unspecified atom stereocenters. The maximum absolute atomic E-state index is 13.1. The lowest BCUT2D eigenvalue weighted by molar-refractivity contribution is 0.628. The van der Waals surface area contributed by atoms with Crippen LogP contribution < -0.4 is 0 Å². The van der Waals surface area contributed by atoms with Gasteiger partial charge in [0, 0.05) is 18.3 Å². The predicted octanol–water partition coefficient (Wildman–Crippen LogP) is 3.63. The minimum Gasteiger partial charge on any atom is -0.265 e. The van der Waals surface area contributed by atoms with E-state index in [-0.39, 0.29) is 5.82 Å². The zero-order chi connectivity index (χ0) is 10.7. The monoisotopic (exact) mass is 221 g/mol. The van der Waals surface area contributed by atoms with E-state index in [9.17, 15) is 4.39 Å². The van der Waals surface area contributed by atoms with E-state index in [4.69, 9.17) is 11.6 Å².